The number of amides is 3. The van der Waals surface area contributed by atoms with Gasteiger partial charge in [0.2, 0.25) is 11.8 Å². The highest BCUT2D eigenvalue weighted by molar-refractivity contribution is 6.04. The van der Waals surface area contributed by atoms with Gasteiger partial charge >= 0.3 is 18.3 Å². The second-order valence-corrected chi connectivity index (χ2v) is 7.14. The summed E-state index contributed by atoms with van der Waals surface area (Å²) < 4.78 is 107. The molecule has 1 heterocycles. The van der Waals surface area contributed by atoms with Crippen LogP contribution < -0.4 is 20.7 Å². The number of anilines is 1. The van der Waals surface area contributed by atoms with E-state index in [4.69, 9.17) is 4.74 Å². The number of ether oxygens (including phenoxy) is 1. The predicted octanol–water partition coefficient (Wildman–Crippen LogP) is 2.78. The molecule has 15 heteroatoms. The van der Waals surface area contributed by atoms with Crippen LogP contribution in [0.4, 0.5) is 40.8 Å². The smallest absolute Gasteiger partial charge is 0.455 e. The first-order valence-corrected chi connectivity index (χ1v) is 9.13. The molecule has 33 heavy (non-hydrogen) atoms. The van der Waals surface area contributed by atoms with Crippen molar-refractivity contribution in [1.82, 2.24) is 10.6 Å². The van der Waals surface area contributed by atoms with Crippen molar-refractivity contribution in [3.05, 3.63) is 23.3 Å². The fraction of sp³-hybridized carbons (Fsp3) is 0.500. The number of hydrogen-bond donors (Lipinski definition) is 3. The summed E-state index contributed by atoms with van der Waals surface area (Å²) in [6, 6.07) is 0.229. The van der Waals surface area contributed by atoms with Crippen LogP contribution in [0.15, 0.2) is 12.1 Å². The van der Waals surface area contributed by atoms with Gasteiger partial charge in [-0.15, -0.1) is 0 Å². The topological polar surface area (TPSA) is 96.5 Å². The molecule has 1 aliphatic rings. The Morgan fingerprint density at radius 2 is 1.73 bits per heavy atom. The van der Waals surface area contributed by atoms with Gasteiger partial charge in [-0.25, -0.2) is 0 Å². The maximum atomic E-state index is 13.2. The Morgan fingerprint density at radius 1 is 1.12 bits per heavy atom. The van der Waals surface area contributed by atoms with Crippen LogP contribution in [0.1, 0.15) is 18.1 Å². The molecule has 0 aromatic heterocycles. The number of benzene rings is 1. The van der Waals surface area contributed by atoms with Gasteiger partial charge in [-0.2, -0.15) is 35.1 Å². The number of carbonyl (C=O) groups is 3. The van der Waals surface area contributed by atoms with E-state index in [-0.39, 0.29) is 11.3 Å². The summed E-state index contributed by atoms with van der Waals surface area (Å²) in [5.74, 6) is -11.5. The van der Waals surface area contributed by atoms with Crippen molar-refractivity contribution >= 4 is 23.4 Å². The second kappa shape index (κ2) is 9.02. The largest absolute Gasteiger partial charge is 0.488 e. The monoisotopic (exact) mass is 491 g/mol. The van der Waals surface area contributed by atoms with E-state index >= 15 is 0 Å². The van der Waals surface area contributed by atoms with E-state index in [2.05, 4.69) is 5.32 Å². The van der Waals surface area contributed by atoms with Gasteiger partial charge in [0, 0.05) is 0 Å². The third-order valence-corrected chi connectivity index (χ3v) is 4.63. The highest BCUT2D eigenvalue weighted by atomic mass is 19.4. The van der Waals surface area contributed by atoms with Crippen molar-refractivity contribution in [2.45, 2.75) is 38.2 Å². The van der Waals surface area contributed by atoms with Crippen molar-refractivity contribution in [1.29, 1.82) is 0 Å². The van der Waals surface area contributed by atoms with Crippen LogP contribution >= 0.6 is 0 Å². The molecule has 0 saturated heterocycles. The number of nitrogens with one attached hydrogen (secondary N) is 3. The molecule has 2 atom stereocenters. The molecule has 1 aromatic rings. The number of aryl methyl sites for hydroxylation is 1. The molecular weight excluding hydrogens is 474 g/mol. The van der Waals surface area contributed by atoms with E-state index in [0.717, 1.165) is 19.1 Å². The molecule has 0 spiro atoms. The van der Waals surface area contributed by atoms with Gasteiger partial charge in [-0.05, 0) is 25.5 Å². The molecule has 0 bridgehead atoms. The van der Waals surface area contributed by atoms with Gasteiger partial charge in [0.05, 0.1) is 17.8 Å². The van der Waals surface area contributed by atoms with Crippen LogP contribution in [0, 0.1) is 12.8 Å². The highest BCUT2D eigenvalue weighted by Crippen LogP contribution is 2.43. The minimum atomic E-state index is -5.93. The predicted molar refractivity (Wildman–Crippen MR) is 95.4 cm³/mol. The first-order chi connectivity index (χ1) is 15.0. The lowest BCUT2D eigenvalue weighted by atomic mass is 10.1. The number of carbonyl (C=O) groups excluding carboxylic acids is 3. The van der Waals surface area contributed by atoms with E-state index in [0.29, 0.717) is 0 Å². The summed E-state index contributed by atoms with van der Waals surface area (Å²) in [6.45, 7) is -0.635. The minimum absolute atomic E-state index is 0.219. The molecule has 1 aromatic carbocycles. The third-order valence-electron chi connectivity index (χ3n) is 4.63. The minimum Gasteiger partial charge on any atom is -0.488 e. The molecule has 1 aliphatic heterocycles. The van der Waals surface area contributed by atoms with E-state index < -0.39 is 72.4 Å². The summed E-state index contributed by atoms with van der Waals surface area (Å²) in [5, 5.41) is 5.48. The normalized spacial score (nSPS) is 17.8. The molecule has 0 radical (unpaired) electrons. The van der Waals surface area contributed by atoms with Crippen LogP contribution in [0.2, 0.25) is 0 Å². The van der Waals surface area contributed by atoms with Gasteiger partial charge in [0.25, 0.3) is 5.91 Å². The SMILES string of the molecule is Cc1ccc(C(F)(F)F)c2c1NC(=O)[C@@H](NC(=O)C(C)C(=O)NCC(F)(F)C(F)(F)F)CO2. The molecule has 1 unspecified atom stereocenters. The molecule has 7 nitrogen and oxygen atoms in total. The number of fused-ring (bicyclic) bond motifs is 1. The van der Waals surface area contributed by atoms with Gasteiger partial charge in [-0.3, -0.25) is 14.4 Å². The summed E-state index contributed by atoms with van der Waals surface area (Å²) in [4.78, 5) is 36.4. The quantitative estimate of drug-likeness (QED) is 0.436. The lowest BCUT2D eigenvalue weighted by molar-refractivity contribution is -0.278. The molecule has 0 aliphatic carbocycles. The Morgan fingerprint density at radius 3 is 2.27 bits per heavy atom. The van der Waals surface area contributed by atoms with E-state index in [1.54, 1.807) is 0 Å². The zero-order valence-electron chi connectivity index (χ0n) is 16.9. The zero-order chi connectivity index (χ0) is 25.4. The van der Waals surface area contributed by atoms with Crippen molar-refractivity contribution in [3.8, 4) is 5.75 Å². The summed E-state index contributed by atoms with van der Waals surface area (Å²) in [7, 11) is 0. The Hall–Kier alpha value is -3.13. The average molecular weight is 491 g/mol. The number of halogens is 8. The van der Waals surface area contributed by atoms with E-state index in [1.165, 1.54) is 12.2 Å². The lowest BCUT2D eigenvalue weighted by Gasteiger charge is -2.21. The second-order valence-electron chi connectivity index (χ2n) is 7.14. The maximum absolute atomic E-state index is 13.2. The third kappa shape index (κ3) is 5.82. The van der Waals surface area contributed by atoms with Crippen LogP contribution in [-0.2, 0) is 20.6 Å². The van der Waals surface area contributed by atoms with Gasteiger partial charge in [0.15, 0.2) is 5.75 Å². The van der Waals surface area contributed by atoms with Crippen LogP contribution in [0.3, 0.4) is 0 Å². The van der Waals surface area contributed by atoms with E-state index in [9.17, 15) is 49.5 Å². The molecular formula is C18H17F8N3O4. The summed E-state index contributed by atoms with van der Waals surface area (Å²) in [5.41, 5.74) is -1.25. The molecule has 0 fully saturated rings. The van der Waals surface area contributed by atoms with Gasteiger partial charge in [0.1, 0.15) is 18.6 Å². The number of rotatable bonds is 5. The highest BCUT2D eigenvalue weighted by Gasteiger charge is 2.57. The van der Waals surface area contributed by atoms with Crippen molar-refractivity contribution < 1.29 is 54.2 Å². The fourth-order valence-corrected chi connectivity index (χ4v) is 2.64. The number of alkyl halides is 8. The molecule has 3 N–H and O–H groups in total. The molecule has 0 saturated carbocycles. The number of hydrogen-bond acceptors (Lipinski definition) is 4. The lowest BCUT2D eigenvalue weighted by Crippen LogP contribution is -2.52. The van der Waals surface area contributed by atoms with Crippen LogP contribution in [0.25, 0.3) is 0 Å². The van der Waals surface area contributed by atoms with Crippen LogP contribution in [-0.4, -0.2) is 49.0 Å². The van der Waals surface area contributed by atoms with Crippen molar-refractivity contribution in [2.75, 3.05) is 18.5 Å². The molecule has 184 valence electrons. The standard InChI is InChI=1S/C18H17F8N3O4/c1-7-3-4-9(17(21,22)23)12-11(7)29-15(32)10(5-33-12)28-14(31)8(2)13(30)27-6-16(19,20)18(24,25)26/h3-4,8,10H,5-6H2,1-2H3,(H,27,30)(H,28,31)(H,29,32)/t8?,10-/m0/s1. The van der Waals surface area contributed by atoms with Crippen LogP contribution in [0.5, 0.6) is 5.75 Å². The Bertz CT molecular complexity index is 946. The average Bonchev–Trinajstić information content (AvgIpc) is 2.84. The fourth-order valence-electron chi connectivity index (χ4n) is 2.64. The van der Waals surface area contributed by atoms with Gasteiger partial charge in [-0.1, -0.05) is 6.07 Å². The summed E-state index contributed by atoms with van der Waals surface area (Å²) in [6.07, 6.45) is -10.7. The molecule has 3 amide bonds. The van der Waals surface area contributed by atoms with E-state index in [1.807, 2.05) is 5.32 Å². The Kier molecular flexibility index (Phi) is 7.14. The summed E-state index contributed by atoms with van der Waals surface area (Å²) >= 11 is 0. The van der Waals surface area contributed by atoms with Crippen molar-refractivity contribution in [2.24, 2.45) is 5.92 Å². The van der Waals surface area contributed by atoms with Crippen molar-refractivity contribution in [3.63, 3.8) is 0 Å². The maximum Gasteiger partial charge on any atom is 0.455 e. The first-order valence-electron chi connectivity index (χ1n) is 9.13. The van der Waals surface area contributed by atoms with Gasteiger partial charge < -0.3 is 20.7 Å². The Balaban J connectivity index is 2.09. The Labute approximate surface area is 180 Å². The zero-order valence-corrected chi connectivity index (χ0v) is 16.9. The first kappa shape index (κ1) is 26.1. The molecule has 2 rings (SSSR count).